The van der Waals surface area contributed by atoms with E-state index in [4.69, 9.17) is 80.0 Å². The number of hydrogen-bond donors (Lipinski definition) is 22. The first-order valence-corrected chi connectivity index (χ1v) is 44.9. The van der Waals surface area contributed by atoms with E-state index in [0.717, 1.165) is 0 Å². The van der Waals surface area contributed by atoms with Gasteiger partial charge in [-0.1, -0.05) is 0 Å². The molecule has 22 N–H and O–H groups in total. The Hall–Kier alpha value is -2.24. The lowest BCUT2D eigenvalue weighted by atomic mass is 9.95. The molecule has 0 aromatic carbocycles. The van der Waals surface area contributed by atoms with Crippen LogP contribution in [-0.2, 0) is 192 Å². The molecule has 0 aromatic rings. The minimum absolute atomic E-state index is 0.414. The van der Waals surface area contributed by atoms with E-state index in [2.05, 4.69) is 29.3 Å². The number of rotatable bonds is 24. The Kier molecular flexibility index (Phi) is 33.6. The molecule has 30 fully saturated rings. The Morgan fingerprint density at radius 2 is 0.361 bits per heavy atom. The molecule has 30 aliphatic heterocycles. The third-order valence-corrected chi connectivity index (χ3v) is 22.1. The van der Waals surface area contributed by atoms with Gasteiger partial charge in [-0.15, -0.1) is 0 Å². The summed E-state index contributed by atoms with van der Waals surface area (Å²) < 4.78 is 387. The lowest BCUT2D eigenvalue weighted by molar-refractivity contribution is -0.400. The lowest BCUT2D eigenvalue weighted by Crippen LogP contribution is -2.69. The van der Waals surface area contributed by atoms with Crippen molar-refractivity contribution in [3.8, 4) is 0 Å². The highest BCUT2D eigenvalue weighted by Gasteiger charge is 2.61. The molecule has 70 heteroatoms. The summed E-state index contributed by atoms with van der Waals surface area (Å²) in [7, 11) is -44.5. The molecule has 62 nitrogen and oxygen atoms in total. The van der Waals surface area contributed by atoms with Crippen molar-refractivity contribution in [1.82, 2.24) is 0 Å². The predicted molar refractivity (Wildman–Crippen MR) is 346 cm³/mol. The van der Waals surface area contributed by atoms with Crippen LogP contribution in [-0.4, -0.2) is 474 Å². The van der Waals surface area contributed by atoms with Crippen LogP contribution in [0.3, 0.4) is 0 Å². The van der Waals surface area contributed by atoms with Crippen LogP contribution in [0.1, 0.15) is 6.42 Å². The first-order chi connectivity index (χ1) is 54.6. The van der Waals surface area contributed by atoms with Gasteiger partial charge in [-0.3, -0.25) is 36.1 Å². The summed E-state index contributed by atoms with van der Waals surface area (Å²) in [5.41, 5.74) is 0. The maximum Gasteiger partial charge on any atom is 0.397 e. The highest BCUT2D eigenvalue weighted by Crippen LogP contribution is 2.41. The van der Waals surface area contributed by atoms with Crippen LogP contribution >= 0.6 is 0 Å². The van der Waals surface area contributed by atoms with Crippen molar-refractivity contribution in [3.05, 3.63) is 0 Å². The normalized spacial score (nSPS) is 44.5. The lowest BCUT2D eigenvalue weighted by Gasteiger charge is -2.50. The number of hydrogen-bond acceptors (Lipinski definition) is 55. The molecule has 119 heavy (non-hydrogen) atoms. The molecular formula is C49H82O62S8. The molecule has 30 saturated heterocycles. The first-order valence-electron chi connectivity index (χ1n) is 33.5. The molecule has 0 radical (unpaired) electrons. The van der Waals surface area contributed by atoms with Crippen molar-refractivity contribution < 1.29 is 285 Å². The van der Waals surface area contributed by atoms with Crippen LogP contribution in [0, 0.1) is 0 Å². The maximum atomic E-state index is 12.5. The van der Waals surface area contributed by atoms with Crippen molar-refractivity contribution in [2.75, 3.05) is 59.1 Å². The molecule has 39 atom stereocenters. The van der Waals surface area contributed by atoms with E-state index in [0.29, 0.717) is 6.26 Å². The van der Waals surface area contributed by atoms with Gasteiger partial charge >= 0.3 is 72.8 Å². The Bertz CT molecular complexity index is 4310. The Morgan fingerprint density at radius 3 is 0.529 bits per heavy atom. The topological polar surface area (TPSA) is 940 Å². The zero-order chi connectivity index (χ0) is 88.9. The molecule has 0 amide bonds. The fourth-order valence-electron chi connectivity index (χ4n) is 13.1. The zero-order valence-corrected chi connectivity index (χ0v) is 65.8. The van der Waals surface area contributed by atoms with Crippen molar-refractivity contribution in [2.24, 2.45) is 0 Å². The van der Waals surface area contributed by atoms with Gasteiger partial charge in [0.2, 0.25) is 0 Å². The molecule has 16 bridgehead atoms. The summed E-state index contributed by atoms with van der Waals surface area (Å²) in [6.07, 6.45) is -103. The smallest absolute Gasteiger partial charge is 0.390 e. The molecule has 0 aromatic heterocycles. The average Bonchev–Trinajstić information content (AvgIpc) is 0.769. The molecule has 30 rings (SSSR count). The predicted octanol–water partition coefficient (Wildman–Crippen LogP) is -17.6. The second kappa shape index (κ2) is 39.8. The van der Waals surface area contributed by atoms with Gasteiger partial charge in [0, 0.05) is 6.42 Å². The molecule has 0 aliphatic carbocycles. The zero-order valence-electron chi connectivity index (χ0n) is 59.3. The van der Waals surface area contributed by atoms with E-state index < -0.39 is 382 Å². The van der Waals surface area contributed by atoms with E-state index in [1.807, 2.05) is 0 Å². The van der Waals surface area contributed by atoms with Crippen LogP contribution in [0.2, 0.25) is 0 Å². The third kappa shape index (κ3) is 27.4. The van der Waals surface area contributed by atoms with Gasteiger partial charge < -0.3 is 152 Å². The summed E-state index contributed by atoms with van der Waals surface area (Å²) in [6.45, 7) is -12.9. The minimum atomic E-state index is -5.71. The number of aliphatic hydroxyl groups is 15. The van der Waals surface area contributed by atoms with Crippen molar-refractivity contribution in [1.29, 1.82) is 0 Å². The molecular weight excluding hydrogens is 1840 g/mol. The van der Waals surface area contributed by atoms with Crippen LogP contribution in [0.4, 0.5) is 0 Å². The van der Waals surface area contributed by atoms with E-state index in [-0.39, 0.29) is 0 Å². The van der Waals surface area contributed by atoms with Crippen LogP contribution in [0.15, 0.2) is 0 Å². The molecule has 698 valence electrons. The second-order valence-electron chi connectivity index (χ2n) is 26.9. The second-order valence-corrected chi connectivity index (χ2v) is 36.1. The SMILES string of the molecule is CS(=O)(=O)OC[C@H]1O[C@@H]2O[C@H]3[C@H](O)[C@@H](O)[C@@H](O[C@H]4[C@H](O)C[C@@H](O[C@H]5[C@H](O)[C@@H](O)[C@@H](O[C@H]6[C@H](O)[C@@H](O)[C@@H](O[C@H]7[C@H](O)[C@@H](O)[C@@H](O[C@H]8[C@H](O)[C@@H](O)[C@@H](O[C@H]9[C@H](O)[C@@H](O)[C@@H](O[C@H]1[C@H](O)[C@H]2O)O[C@@H]9COS(=O)(=O)O)O[C@@H]8COS(=O)(=O)O)O[C@@H]7COS(=O)(=O)O)O[C@@H]6COS(=O)(=O)O)O[C@@H]5COS(=O)(=O)O)O[C@@H]4COS(=O)(=O)O)O[C@@H]3COS(=O)(=O)O. The Balaban J connectivity index is 1.12. The van der Waals surface area contributed by atoms with Crippen molar-refractivity contribution >= 4 is 82.9 Å². The highest BCUT2D eigenvalue weighted by atomic mass is 32.3. The largest absolute Gasteiger partial charge is 0.397 e. The molecule has 30 aliphatic rings. The summed E-state index contributed by atoms with van der Waals surface area (Å²) in [5, 5.41) is 176. The standard InChI is InChI=1S/C49H82O62S8/c1-112(65,66)88-3-13-37-23(53)30(60)45(97-13)108-38-15(6-91-115(73,74)75)99-43(29(59)22(38)52)105-35-11(50)2-20(96-12(35)4-89-113(67,68)69)104-36-14(5-90-114(70,71)72)98-44(28(58)21(36)51)107-39-16(7-92-116(76,77)78)101-47(32(62)25(39)55)110-41-18(9-94-118(82,83)84)103-49(34(64)27(41)57)111-42-19(10-95-119(85,86)87)102-48(33(63)26(42)56)109-40-17(8-93-117(79,80)81)100-46(106-37)31(61)24(40)54/h11-64H,2-10H2,1H3,(H,67,68,69)(H,70,71,72)(H,73,74,75)(H,76,77,78)(H,79,80,81)(H,82,83,84)(H,85,86,87)/t11-,12-,13-,14-,15-,16-,17-,18-,19-,20-,21-,22-,23-,24-,25-,26-,27-,28-,29-,30-,31-,32-,33-,34-,35+,36-,37-,38-,39-,40-,41-,42-,43-,44-,45-,46-,47-,48-,49-/m1/s1. The van der Waals surface area contributed by atoms with Crippen molar-refractivity contribution in [3.63, 3.8) is 0 Å². The molecule has 0 spiro atoms. The van der Waals surface area contributed by atoms with E-state index >= 15 is 0 Å². The fraction of sp³-hybridized carbons (Fsp3) is 1.00. The third-order valence-electron chi connectivity index (χ3n) is 18.5. The van der Waals surface area contributed by atoms with Gasteiger partial charge in [-0.2, -0.15) is 67.3 Å². The van der Waals surface area contributed by atoms with E-state index in [1.54, 1.807) is 0 Å². The average molecular weight is 1920 g/mol. The van der Waals surface area contributed by atoms with Gasteiger partial charge in [0.15, 0.2) is 50.3 Å². The summed E-state index contributed by atoms with van der Waals surface area (Å²) in [6, 6.07) is 0. The molecule has 0 unspecified atom stereocenters. The highest BCUT2D eigenvalue weighted by molar-refractivity contribution is 7.86. The van der Waals surface area contributed by atoms with Gasteiger partial charge in [0.1, 0.15) is 183 Å². The van der Waals surface area contributed by atoms with Crippen LogP contribution in [0.25, 0.3) is 0 Å². The van der Waals surface area contributed by atoms with E-state index in [1.165, 1.54) is 0 Å². The van der Waals surface area contributed by atoms with Crippen LogP contribution in [0.5, 0.6) is 0 Å². The maximum absolute atomic E-state index is 12.5. The van der Waals surface area contributed by atoms with E-state index in [9.17, 15) is 176 Å². The monoisotopic (exact) mass is 1920 g/mol. The van der Waals surface area contributed by atoms with Gasteiger partial charge in [-0.25, -0.2) is 29.3 Å². The summed E-state index contributed by atoms with van der Waals surface area (Å²) in [5.74, 6) is 0. The van der Waals surface area contributed by atoms with Crippen molar-refractivity contribution in [2.45, 2.75) is 246 Å². The van der Waals surface area contributed by atoms with Gasteiger partial charge in [0.05, 0.1) is 65.2 Å². The van der Waals surface area contributed by atoms with Gasteiger partial charge in [-0.05, 0) is 0 Å². The van der Waals surface area contributed by atoms with Crippen LogP contribution < -0.4 is 0 Å². The summed E-state index contributed by atoms with van der Waals surface area (Å²) >= 11 is 0. The molecule has 30 heterocycles. The quantitative estimate of drug-likeness (QED) is 0.0315. The number of aliphatic hydroxyl groups excluding tert-OH is 15. The summed E-state index contributed by atoms with van der Waals surface area (Å²) in [4.78, 5) is 0. The molecule has 0 saturated carbocycles. The minimum Gasteiger partial charge on any atom is -0.390 e. The first kappa shape index (κ1) is 101. The van der Waals surface area contributed by atoms with Gasteiger partial charge in [0.25, 0.3) is 10.1 Å². The number of ether oxygens (including phenoxy) is 16. The fourth-order valence-corrected chi connectivity index (χ4v) is 15.6. The Morgan fingerprint density at radius 1 is 0.210 bits per heavy atom. The Labute approximate surface area is 670 Å².